The number of fused-ring (bicyclic) bond motifs is 1. The van der Waals surface area contributed by atoms with Gasteiger partial charge in [-0.2, -0.15) is 0 Å². The fraction of sp³-hybridized carbons (Fsp3) is 0.368. The van der Waals surface area contributed by atoms with E-state index in [0.29, 0.717) is 16.5 Å². The van der Waals surface area contributed by atoms with Gasteiger partial charge < -0.3 is 15.3 Å². The predicted molar refractivity (Wildman–Crippen MR) is 93.9 cm³/mol. The number of nitrogens with zero attached hydrogens (tertiary/aromatic N) is 1. The lowest BCUT2D eigenvalue weighted by Crippen LogP contribution is -2.51. The molecule has 3 rings (SSSR count). The molecule has 2 aromatic carbocycles. The standard InChI is InChI=1S/C19H22N2O3/c1-12-6-3-7-13(2)21(12)19(24)18(23)20-16-10-4-9-15-14(16)8-5-11-17(15)22/h4-5,8-13,22H,3,6-7H2,1-2H3,(H,20,23). The fourth-order valence-electron chi connectivity index (χ4n) is 3.52. The molecule has 0 aliphatic carbocycles. The highest BCUT2D eigenvalue weighted by atomic mass is 16.3. The van der Waals surface area contributed by atoms with Gasteiger partial charge >= 0.3 is 11.8 Å². The average Bonchev–Trinajstić information content (AvgIpc) is 2.55. The molecule has 5 heteroatoms. The number of carbonyl (C=O) groups is 2. The summed E-state index contributed by atoms with van der Waals surface area (Å²) in [5.41, 5.74) is 0.527. The second-order valence-electron chi connectivity index (χ2n) is 6.47. The summed E-state index contributed by atoms with van der Waals surface area (Å²) < 4.78 is 0. The Labute approximate surface area is 141 Å². The lowest BCUT2D eigenvalue weighted by Gasteiger charge is -2.38. The molecule has 2 unspecified atom stereocenters. The van der Waals surface area contributed by atoms with Crippen LogP contribution in [-0.2, 0) is 9.59 Å². The van der Waals surface area contributed by atoms with Crippen LogP contribution in [0.15, 0.2) is 36.4 Å². The molecule has 1 heterocycles. The van der Waals surface area contributed by atoms with E-state index in [2.05, 4.69) is 5.32 Å². The van der Waals surface area contributed by atoms with Crippen molar-refractivity contribution in [3.8, 4) is 5.75 Å². The molecule has 1 aliphatic rings. The molecule has 1 fully saturated rings. The van der Waals surface area contributed by atoms with Crippen LogP contribution in [0.5, 0.6) is 5.75 Å². The molecule has 1 saturated heterocycles. The number of carbonyl (C=O) groups excluding carboxylic acids is 2. The number of phenolic OH excluding ortho intramolecular Hbond substituents is 1. The Morgan fingerprint density at radius 1 is 1.04 bits per heavy atom. The number of nitrogens with one attached hydrogen (secondary N) is 1. The molecule has 2 N–H and O–H groups in total. The molecule has 2 aromatic rings. The second kappa shape index (κ2) is 6.51. The summed E-state index contributed by atoms with van der Waals surface area (Å²) >= 11 is 0. The van der Waals surface area contributed by atoms with Crippen molar-refractivity contribution in [3.05, 3.63) is 36.4 Å². The zero-order valence-corrected chi connectivity index (χ0v) is 14.0. The number of phenols is 1. The van der Waals surface area contributed by atoms with Crippen molar-refractivity contribution in [2.24, 2.45) is 0 Å². The predicted octanol–water partition coefficient (Wildman–Crippen LogP) is 3.27. The van der Waals surface area contributed by atoms with E-state index in [4.69, 9.17) is 0 Å². The van der Waals surface area contributed by atoms with E-state index in [-0.39, 0.29) is 17.8 Å². The lowest BCUT2D eigenvalue weighted by molar-refractivity contribution is -0.147. The van der Waals surface area contributed by atoms with Crippen molar-refractivity contribution in [2.45, 2.75) is 45.2 Å². The molecule has 0 spiro atoms. The van der Waals surface area contributed by atoms with E-state index in [9.17, 15) is 14.7 Å². The SMILES string of the molecule is CC1CCCC(C)N1C(=O)C(=O)Nc1cccc2c(O)cccc12. The Morgan fingerprint density at radius 3 is 2.38 bits per heavy atom. The third-order valence-corrected chi connectivity index (χ3v) is 4.77. The Balaban J connectivity index is 1.85. The van der Waals surface area contributed by atoms with E-state index < -0.39 is 11.8 Å². The number of amides is 2. The van der Waals surface area contributed by atoms with Crippen molar-refractivity contribution < 1.29 is 14.7 Å². The van der Waals surface area contributed by atoms with Crippen LogP contribution in [0.3, 0.4) is 0 Å². The zero-order chi connectivity index (χ0) is 17.3. The molecule has 126 valence electrons. The molecule has 0 saturated carbocycles. The number of hydrogen-bond donors (Lipinski definition) is 2. The van der Waals surface area contributed by atoms with E-state index in [1.807, 2.05) is 13.8 Å². The normalized spacial score (nSPS) is 20.8. The molecule has 0 bridgehead atoms. The third kappa shape index (κ3) is 2.94. The van der Waals surface area contributed by atoms with Gasteiger partial charge in [0.25, 0.3) is 0 Å². The van der Waals surface area contributed by atoms with E-state index in [1.165, 1.54) is 0 Å². The van der Waals surface area contributed by atoms with Crippen molar-refractivity contribution in [2.75, 3.05) is 5.32 Å². The smallest absolute Gasteiger partial charge is 0.313 e. The first-order valence-corrected chi connectivity index (χ1v) is 8.33. The zero-order valence-electron chi connectivity index (χ0n) is 14.0. The Hall–Kier alpha value is -2.56. The summed E-state index contributed by atoms with van der Waals surface area (Å²) in [7, 11) is 0. The van der Waals surface area contributed by atoms with Gasteiger partial charge in [0.1, 0.15) is 5.75 Å². The van der Waals surface area contributed by atoms with E-state index in [0.717, 1.165) is 19.3 Å². The quantitative estimate of drug-likeness (QED) is 0.790. The summed E-state index contributed by atoms with van der Waals surface area (Å²) in [6.07, 6.45) is 2.92. The summed E-state index contributed by atoms with van der Waals surface area (Å²) in [6, 6.07) is 10.5. The second-order valence-corrected chi connectivity index (χ2v) is 6.47. The minimum Gasteiger partial charge on any atom is -0.507 e. The number of benzene rings is 2. The van der Waals surface area contributed by atoms with Crippen LogP contribution in [-0.4, -0.2) is 33.9 Å². The minimum atomic E-state index is -0.633. The van der Waals surface area contributed by atoms with Gasteiger partial charge in [0.05, 0.1) is 0 Å². The monoisotopic (exact) mass is 326 g/mol. The summed E-state index contributed by atoms with van der Waals surface area (Å²) in [5, 5.41) is 14.0. The van der Waals surface area contributed by atoms with Gasteiger partial charge in [0, 0.05) is 28.5 Å². The first kappa shape index (κ1) is 16.3. The molecular formula is C19H22N2O3. The van der Waals surface area contributed by atoms with Gasteiger partial charge in [0.15, 0.2) is 0 Å². The van der Waals surface area contributed by atoms with Crippen LogP contribution in [0, 0.1) is 0 Å². The average molecular weight is 326 g/mol. The number of likely N-dealkylation sites (tertiary alicyclic amines) is 1. The topological polar surface area (TPSA) is 69.6 Å². The van der Waals surface area contributed by atoms with E-state index >= 15 is 0 Å². The maximum atomic E-state index is 12.6. The molecule has 5 nitrogen and oxygen atoms in total. The Kier molecular flexibility index (Phi) is 4.42. The van der Waals surface area contributed by atoms with Crippen LogP contribution in [0.2, 0.25) is 0 Å². The van der Waals surface area contributed by atoms with Crippen LogP contribution in [0.1, 0.15) is 33.1 Å². The minimum absolute atomic E-state index is 0.0727. The molecule has 2 amide bonds. The Morgan fingerprint density at radius 2 is 1.67 bits per heavy atom. The van der Waals surface area contributed by atoms with Gasteiger partial charge in [-0.05, 0) is 45.2 Å². The van der Waals surface area contributed by atoms with Crippen molar-refractivity contribution in [3.63, 3.8) is 0 Å². The van der Waals surface area contributed by atoms with Crippen LogP contribution in [0.25, 0.3) is 10.8 Å². The maximum absolute atomic E-state index is 12.6. The van der Waals surface area contributed by atoms with Crippen molar-refractivity contribution in [1.29, 1.82) is 0 Å². The van der Waals surface area contributed by atoms with Crippen LogP contribution < -0.4 is 5.32 Å². The first-order chi connectivity index (χ1) is 11.5. The highest BCUT2D eigenvalue weighted by Gasteiger charge is 2.32. The van der Waals surface area contributed by atoms with Crippen LogP contribution in [0.4, 0.5) is 5.69 Å². The lowest BCUT2D eigenvalue weighted by atomic mass is 9.97. The molecule has 2 atom stereocenters. The molecule has 24 heavy (non-hydrogen) atoms. The largest absolute Gasteiger partial charge is 0.507 e. The number of rotatable bonds is 1. The molecule has 1 aliphatic heterocycles. The van der Waals surface area contributed by atoms with Gasteiger partial charge in [-0.1, -0.05) is 24.3 Å². The van der Waals surface area contributed by atoms with Crippen molar-refractivity contribution >= 4 is 28.3 Å². The number of anilines is 1. The van der Waals surface area contributed by atoms with Crippen molar-refractivity contribution in [1.82, 2.24) is 4.90 Å². The van der Waals surface area contributed by atoms with Gasteiger partial charge in [0.2, 0.25) is 0 Å². The maximum Gasteiger partial charge on any atom is 0.313 e. The first-order valence-electron chi connectivity index (χ1n) is 8.33. The fourth-order valence-corrected chi connectivity index (χ4v) is 3.52. The van der Waals surface area contributed by atoms with E-state index in [1.54, 1.807) is 41.3 Å². The third-order valence-electron chi connectivity index (χ3n) is 4.77. The molecule has 0 radical (unpaired) electrons. The highest BCUT2D eigenvalue weighted by Crippen LogP contribution is 2.30. The van der Waals surface area contributed by atoms with Gasteiger partial charge in [-0.15, -0.1) is 0 Å². The number of piperidine rings is 1. The summed E-state index contributed by atoms with van der Waals surface area (Å²) in [6.45, 7) is 3.97. The Bertz CT molecular complexity index is 777. The number of hydrogen-bond acceptors (Lipinski definition) is 3. The summed E-state index contributed by atoms with van der Waals surface area (Å²) in [5.74, 6) is -0.980. The number of aromatic hydroxyl groups is 1. The summed E-state index contributed by atoms with van der Waals surface area (Å²) in [4.78, 5) is 26.7. The van der Waals surface area contributed by atoms with Gasteiger partial charge in [-0.3, -0.25) is 9.59 Å². The van der Waals surface area contributed by atoms with Crippen LogP contribution >= 0.6 is 0 Å². The molecule has 0 aromatic heterocycles. The van der Waals surface area contributed by atoms with Gasteiger partial charge in [-0.25, -0.2) is 0 Å². The highest BCUT2D eigenvalue weighted by molar-refractivity contribution is 6.40. The molecular weight excluding hydrogens is 304 g/mol.